The first-order chi connectivity index (χ1) is 16.2. The van der Waals surface area contributed by atoms with Gasteiger partial charge in [-0.15, -0.1) is 11.3 Å². The SMILES string of the molecule is COCC(Nc1ncnc2cc([C@]3(C)C=CC(N4CCNCC4)=CC3)sc12)c1ccccc1. The molecule has 2 aromatic heterocycles. The van der Waals surface area contributed by atoms with Crippen LogP contribution in [0.2, 0.25) is 0 Å². The number of rotatable bonds is 7. The zero-order chi connectivity index (χ0) is 22.7. The summed E-state index contributed by atoms with van der Waals surface area (Å²) in [4.78, 5) is 13.0. The molecule has 1 aliphatic heterocycles. The molecule has 0 radical (unpaired) electrons. The average molecular weight is 462 g/mol. The Morgan fingerprint density at radius 2 is 2.03 bits per heavy atom. The van der Waals surface area contributed by atoms with Crippen molar-refractivity contribution in [1.82, 2.24) is 20.2 Å². The molecule has 3 heterocycles. The van der Waals surface area contributed by atoms with Gasteiger partial charge in [-0.25, -0.2) is 9.97 Å². The Bertz CT molecular complexity index is 1150. The number of fused-ring (bicyclic) bond motifs is 1. The fraction of sp³-hybridized carbons (Fsp3) is 0.385. The highest BCUT2D eigenvalue weighted by Gasteiger charge is 2.29. The zero-order valence-electron chi connectivity index (χ0n) is 19.3. The van der Waals surface area contributed by atoms with Crippen molar-refractivity contribution in [1.29, 1.82) is 0 Å². The number of nitrogens with zero attached hydrogens (tertiary/aromatic N) is 3. The van der Waals surface area contributed by atoms with Crippen molar-refractivity contribution in [2.24, 2.45) is 0 Å². The number of ether oxygens (including phenoxy) is 1. The molecular formula is C26H31N5OS. The fourth-order valence-corrected chi connectivity index (χ4v) is 5.74. The first-order valence-corrected chi connectivity index (χ1v) is 12.4. The Labute approximate surface area is 199 Å². The Hall–Kier alpha value is -2.74. The van der Waals surface area contributed by atoms with Crippen molar-refractivity contribution < 1.29 is 4.74 Å². The lowest BCUT2D eigenvalue weighted by atomic mass is 9.81. The van der Waals surface area contributed by atoms with Crippen molar-refractivity contribution in [2.45, 2.75) is 24.8 Å². The second-order valence-electron chi connectivity index (χ2n) is 8.93. The lowest BCUT2D eigenvalue weighted by Gasteiger charge is -2.34. The van der Waals surface area contributed by atoms with Crippen LogP contribution in [0.3, 0.4) is 0 Å². The van der Waals surface area contributed by atoms with Gasteiger partial charge < -0.3 is 20.3 Å². The van der Waals surface area contributed by atoms with Gasteiger partial charge in [0.15, 0.2) is 0 Å². The molecule has 1 fully saturated rings. The molecule has 1 aliphatic carbocycles. The minimum absolute atomic E-state index is 0.0227. The van der Waals surface area contributed by atoms with Gasteiger partial charge in [-0.2, -0.15) is 0 Å². The summed E-state index contributed by atoms with van der Waals surface area (Å²) in [5.74, 6) is 0.864. The lowest BCUT2D eigenvalue weighted by molar-refractivity contribution is 0.186. The van der Waals surface area contributed by atoms with Gasteiger partial charge in [0.25, 0.3) is 0 Å². The highest BCUT2D eigenvalue weighted by molar-refractivity contribution is 7.19. The van der Waals surface area contributed by atoms with Gasteiger partial charge in [-0.1, -0.05) is 49.4 Å². The fourth-order valence-electron chi connectivity index (χ4n) is 4.54. The van der Waals surface area contributed by atoms with E-state index in [0.717, 1.165) is 48.6 Å². The zero-order valence-corrected chi connectivity index (χ0v) is 20.1. The van der Waals surface area contributed by atoms with Crippen molar-refractivity contribution in [2.75, 3.05) is 45.2 Å². The number of hydrogen-bond acceptors (Lipinski definition) is 7. The molecule has 3 aromatic rings. The molecule has 0 amide bonds. The predicted molar refractivity (Wildman–Crippen MR) is 136 cm³/mol. The van der Waals surface area contributed by atoms with E-state index < -0.39 is 0 Å². The third kappa shape index (κ3) is 4.67. The molecule has 1 aromatic carbocycles. The van der Waals surface area contributed by atoms with E-state index in [0.29, 0.717) is 6.61 Å². The summed E-state index contributed by atoms with van der Waals surface area (Å²) in [7, 11) is 1.73. The standard InChI is InChI=1S/C26H31N5OS/c1-26(10-8-20(9-11-26)31-14-12-27-13-15-31)23-16-21-24(33-23)25(29-18-28-21)30-22(17-32-2)19-6-4-3-5-7-19/h3-10,16,18,22,27H,11-15,17H2,1-2H3,(H,28,29,30)/t22?,26-/m1/s1. The molecule has 2 aliphatic rings. The summed E-state index contributed by atoms with van der Waals surface area (Å²) in [5, 5.41) is 7.04. The van der Waals surface area contributed by atoms with Crippen LogP contribution in [0, 0.1) is 0 Å². The number of nitrogens with one attached hydrogen (secondary N) is 2. The molecule has 1 unspecified atom stereocenters. The summed E-state index contributed by atoms with van der Waals surface area (Å²) in [6, 6.07) is 12.6. The molecule has 172 valence electrons. The molecule has 0 spiro atoms. The first-order valence-electron chi connectivity index (χ1n) is 11.6. The normalized spacial score (nSPS) is 21.8. The number of aromatic nitrogens is 2. The molecule has 5 rings (SSSR count). The van der Waals surface area contributed by atoms with Gasteiger partial charge in [-0.05, 0) is 24.1 Å². The van der Waals surface area contributed by atoms with Crippen LogP contribution in [0.1, 0.15) is 29.8 Å². The van der Waals surface area contributed by atoms with Crippen molar-refractivity contribution in [3.8, 4) is 0 Å². The Morgan fingerprint density at radius 1 is 1.21 bits per heavy atom. The summed E-state index contributed by atoms with van der Waals surface area (Å²) in [6.45, 7) is 7.14. The highest BCUT2D eigenvalue weighted by Crippen LogP contribution is 2.42. The molecule has 0 saturated carbocycles. The molecular weight excluding hydrogens is 430 g/mol. The third-order valence-corrected chi connectivity index (χ3v) is 7.97. The van der Waals surface area contributed by atoms with Gasteiger partial charge in [-0.3, -0.25) is 0 Å². The highest BCUT2D eigenvalue weighted by atomic mass is 32.1. The van der Waals surface area contributed by atoms with Crippen LogP contribution in [0.25, 0.3) is 10.2 Å². The van der Waals surface area contributed by atoms with E-state index in [1.54, 1.807) is 24.8 Å². The van der Waals surface area contributed by atoms with Gasteiger partial charge >= 0.3 is 0 Å². The second-order valence-corrected chi connectivity index (χ2v) is 9.98. The van der Waals surface area contributed by atoms with Crippen LogP contribution < -0.4 is 10.6 Å². The van der Waals surface area contributed by atoms with E-state index in [-0.39, 0.29) is 11.5 Å². The van der Waals surface area contributed by atoms with Gasteiger partial charge in [0, 0.05) is 49.3 Å². The molecule has 1 saturated heterocycles. The number of piperazine rings is 1. The largest absolute Gasteiger partial charge is 0.382 e. The topological polar surface area (TPSA) is 62.3 Å². The predicted octanol–water partition coefficient (Wildman–Crippen LogP) is 4.50. The van der Waals surface area contributed by atoms with Gasteiger partial charge in [0.05, 0.1) is 22.9 Å². The maximum absolute atomic E-state index is 5.49. The van der Waals surface area contributed by atoms with Crippen LogP contribution in [-0.4, -0.2) is 54.8 Å². The summed E-state index contributed by atoms with van der Waals surface area (Å²) in [6.07, 6.45) is 9.70. The van der Waals surface area contributed by atoms with E-state index in [1.165, 1.54) is 16.1 Å². The minimum atomic E-state index is -0.0362. The maximum Gasteiger partial charge on any atom is 0.148 e. The number of methoxy groups -OCH3 is 1. The van der Waals surface area contributed by atoms with Crippen LogP contribution in [0.5, 0.6) is 0 Å². The van der Waals surface area contributed by atoms with E-state index in [9.17, 15) is 0 Å². The van der Waals surface area contributed by atoms with Crippen molar-refractivity contribution in [3.05, 3.63) is 77.1 Å². The smallest absolute Gasteiger partial charge is 0.148 e. The number of allylic oxidation sites excluding steroid dienone is 3. The molecule has 6 nitrogen and oxygen atoms in total. The molecule has 33 heavy (non-hydrogen) atoms. The number of hydrogen-bond donors (Lipinski definition) is 2. The minimum Gasteiger partial charge on any atom is -0.382 e. The van der Waals surface area contributed by atoms with E-state index in [4.69, 9.17) is 4.74 Å². The quantitative estimate of drug-likeness (QED) is 0.540. The Morgan fingerprint density at radius 3 is 2.76 bits per heavy atom. The van der Waals surface area contributed by atoms with E-state index >= 15 is 0 Å². The number of anilines is 1. The van der Waals surface area contributed by atoms with E-state index in [2.05, 4.69) is 81.0 Å². The van der Waals surface area contributed by atoms with Crippen LogP contribution >= 0.6 is 11.3 Å². The molecule has 0 bridgehead atoms. The van der Waals surface area contributed by atoms with Crippen molar-refractivity contribution in [3.63, 3.8) is 0 Å². The van der Waals surface area contributed by atoms with E-state index in [1.807, 2.05) is 6.07 Å². The monoisotopic (exact) mass is 461 g/mol. The first kappa shape index (κ1) is 22.1. The third-order valence-electron chi connectivity index (χ3n) is 6.56. The van der Waals surface area contributed by atoms with Crippen LogP contribution in [0.15, 0.2) is 66.7 Å². The molecule has 2 atom stereocenters. The summed E-state index contributed by atoms with van der Waals surface area (Å²) >= 11 is 1.79. The van der Waals surface area contributed by atoms with Gasteiger partial charge in [0.2, 0.25) is 0 Å². The maximum atomic E-state index is 5.49. The summed E-state index contributed by atoms with van der Waals surface area (Å²) < 4.78 is 6.59. The van der Waals surface area contributed by atoms with Crippen molar-refractivity contribution >= 4 is 27.4 Å². The van der Waals surface area contributed by atoms with Gasteiger partial charge in [0.1, 0.15) is 12.1 Å². The number of benzene rings is 1. The average Bonchev–Trinajstić information content (AvgIpc) is 3.32. The van der Waals surface area contributed by atoms with Crippen LogP contribution in [0.4, 0.5) is 5.82 Å². The lowest BCUT2D eigenvalue weighted by Crippen LogP contribution is -2.43. The second kappa shape index (κ2) is 9.63. The molecule has 2 N–H and O–H groups in total. The molecule has 7 heteroatoms. The summed E-state index contributed by atoms with van der Waals surface area (Å²) in [5.41, 5.74) is 3.48. The Balaban J connectivity index is 1.40. The Kier molecular flexibility index (Phi) is 6.44. The number of thiophene rings is 1. The van der Waals surface area contributed by atoms with Crippen LogP contribution in [-0.2, 0) is 10.2 Å².